The number of hydrogen-bond donors (Lipinski definition) is 3. The largest absolute Gasteiger partial charge is 0.497 e. The van der Waals surface area contributed by atoms with Crippen LogP contribution in [0.25, 0.3) is 0 Å². The maximum atomic E-state index is 12.1. The van der Waals surface area contributed by atoms with Crippen LogP contribution in [0.2, 0.25) is 0 Å². The third-order valence-electron chi connectivity index (χ3n) is 3.87. The second kappa shape index (κ2) is 9.50. The van der Waals surface area contributed by atoms with Crippen LogP contribution < -0.4 is 26.3 Å². The summed E-state index contributed by atoms with van der Waals surface area (Å²) in [5, 5.41) is 2.58. The first-order valence-corrected chi connectivity index (χ1v) is 8.77. The average molecular weight is 387 g/mol. The number of nitrogens with one attached hydrogen (secondary N) is 1. The van der Waals surface area contributed by atoms with Gasteiger partial charge in [0.25, 0.3) is 0 Å². The first kappa shape index (κ1) is 20.9. The Morgan fingerprint density at radius 2 is 1.64 bits per heavy atom. The SMILES string of the molecule is CCOC(=O)[C@@H](Cc1cc(N)c(Oc2ccc(OC)cc2)c(N)c1)NC(C)=O. The molecule has 2 rings (SSSR count). The molecule has 0 heterocycles. The third-order valence-corrected chi connectivity index (χ3v) is 3.87. The van der Waals surface area contributed by atoms with Crippen LogP contribution in [0.1, 0.15) is 19.4 Å². The molecular weight excluding hydrogens is 362 g/mol. The lowest BCUT2D eigenvalue weighted by Crippen LogP contribution is -2.42. The molecule has 0 bridgehead atoms. The summed E-state index contributed by atoms with van der Waals surface area (Å²) in [5.41, 5.74) is 13.5. The van der Waals surface area contributed by atoms with E-state index in [1.165, 1.54) is 6.92 Å². The standard InChI is InChI=1S/C20H25N3O5/c1-4-27-20(25)18(23-12(2)24)11-13-9-16(21)19(17(22)10-13)28-15-7-5-14(26-3)6-8-15/h5-10,18H,4,11,21-22H2,1-3H3,(H,23,24)/t18-/m1/s1. The van der Waals surface area contributed by atoms with Gasteiger partial charge in [-0.2, -0.15) is 0 Å². The van der Waals surface area contributed by atoms with Gasteiger partial charge in [0, 0.05) is 13.3 Å². The molecule has 1 amide bonds. The minimum Gasteiger partial charge on any atom is -0.497 e. The number of amides is 1. The maximum absolute atomic E-state index is 12.1. The molecule has 1 atom stereocenters. The fourth-order valence-electron chi connectivity index (χ4n) is 2.65. The van der Waals surface area contributed by atoms with Crippen molar-refractivity contribution < 1.29 is 23.8 Å². The predicted molar refractivity (Wildman–Crippen MR) is 106 cm³/mol. The third kappa shape index (κ3) is 5.54. The van der Waals surface area contributed by atoms with Gasteiger partial charge in [-0.1, -0.05) is 0 Å². The van der Waals surface area contributed by atoms with Gasteiger partial charge in [-0.25, -0.2) is 4.79 Å². The molecule has 150 valence electrons. The highest BCUT2D eigenvalue weighted by Crippen LogP contribution is 2.35. The van der Waals surface area contributed by atoms with Crippen molar-refractivity contribution in [2.24, 2.45) is 0 Å². The number of methoxy groups -OCH3 is 1. The van der Waals surface area contributed by atoms with E-state index in [9.17, 15) is 9.59 Å². The zero-order valence-electron chi connectivity index (χ0n) is 16.2. The molecule has 2 aromatic rings. The van der Waals surface area contributed by atoms with Crippen LogP contribution in [0.4, 0.5) is 11.4 Å². The fraction of sp³-hybridized carbons (Fsp3) is 0.300. The van der Waals surface area contributed by atoms with Crippen molar-refractivity contribution in [2.75, 3.05) is 25.2 Å². The van der Waals surface area contributed by atoms with Gasteiger partial charge in [0.2, 0.25) is 5.91 Å². The van der Waals surface area contributed by atoms with E-state index in [1.807, 2.05) is 0 Å². The van der Waals surface area contributed by atoms with Crippen molar-refractivity contribution in [1.82, 2.24) is 5.32 Å². The molecule has 5 N–H and O–H groups in total. The Balaban J connectivity index is 2.20. The fourth-order valence-corrected chi connectivity index (χ4v) is 2.65. The van der Waals surface area contributed by atoms with Gasteiger partial charge in [-0.15, -0.1) is 0 Å². The van der Waals surface area contributed by atoms with Crippen LogP contribution in [-0.4, -0.2) is 31.6 Å². The van der Waals surface area contributed by atoms with Gasteiger partial charge in [-0.05, 0) is 48.9 Å². The van der Waals surface area contributed by atoms with E-state index in [-0.39, 0.29) is 18.9 Å². The van der Waals surface area contributed by atoms with Crippen molar-refractivity contribution in [3.8, 4) is 17.2 Å². The lowest BCUT2D eigenvalue weighted by molar-refractivity contribution is -0.147. The number of rotatable bonds is 8. The lowest BCUT2D eigenvalue weighted by atomic mass is 10.0. The first-order chi connectivity index (χ1) is 13.3. The molecule has 28 heavy (non-hydrogen) atoms. The summed E-state index contributed by atoms with van der Waals surface area (Å²) >= 11 is 0. The second-order valence-corrected chi connectivity index (χ2v) is 6.09. The second-order valence-electron chi connectivity index (χ2n) is 6.09. The van der Waals surface area contributed by atoms with E-state index in [0.29, 0.717) is 34.2 Å². The lowest BCUT2D eigenvalue weighted by Gasteiger charge is -2.18. The highest BCUT2D eigenvalue weighted by molar-refractivity contribution is 5.83. The minimum atomic E-state index is -0.829. The average Bonchev–Trinajstić information content (AvgIpc) is 2.64. The van der Waals surface area contributed by atoms with E-state index in [4.69, 9.17) is 25.7 Å². The van der Waals surface area contributed by atoms with Crippen LogP contribution in [0.3, 0.4) is 0 Å². The molecule has 8 heteroatoms. The van der Waals surface area contributed by atoms with Crippen LogP contribution in [0.5, 0.6) is 17.2 Å². The van der Waals surface area contributed by atoms with E-state index >= 15 is 0 Å². The molecule has 0 aliphatic heterocycles. The first-order valence-electron chi connectivity index (χ1n) is 8.77. The Morgan fingerprint density at radius 1 is 1.07 bits per heavy atom. The molecule has 0 spiro atoms. The minimum absolute atomic E-state index is 0.190. The van der Waals surface area contributed by atoms with Crippen molar-refractivity contribution >= 4 is 23.3 Å². The zero-order valence-corrected chi connectivity index (χ0v) is 16.2. The zero-order chi connectivity index (χ0) is 20.7. The van der Waals surface area contributed by atoms with Crippen LogP contribution >= 0.6 is 0 Å². The van der Waals surface area contributed by atoms with Gasteiger partial charge in [0.05, 0.1) is 25.1 Å². The number of nitrogens with two attached hydrogens (primary N) is 2. The number of hydrogen-bond acceptors (Lipinski definition) is 7. The van der Waals surface area contributed by atoms with Crippen LogP contribution in [0.15, 0.2) is 36.4 Å². The molecule has 0 aliphatic rings. The quantitative estimate of drug-likeness (QED) is 0.468. The van der Waals surface area contributed by atoms with Crippen molar-refractivity contribution in [1.29, 1.82) is 0 Å². The van der Waals surface area contributed by atoms with E-state index in [0.717, 1.165) is 0 Å². The van der Waals surface area contributed by atoms with Crippen LogP contribution in [-0.2, 0) is 20.7 Å². The van der Waals surface area contributed by atoms with Gasteiger partial charge in [-0.3, -0.25) is 4.79 Å². The number of esters is 1. The number of anilines is 2. The smallest absolute Gasteiger partial charge is 0.328 e. The normalized spacial score (nSPS) is 11.4. The molecule has 0 aromatic heterocycles. The van der Waals surface area contributed by atoms with Gasteiger partial charge in [0.1, 0.15) is 17.5 Å². The van der Waals surface area contributed by atoms with Gasteiger partial charge in [0.15, 0.2) is 5.75 Å². The Morgan fingerprint density at radius 3 is 2.14 bits per heavy atom. The van der Waals surface area contributed by atoms with Crippen molar-refractivity contribution in [3.63, 3.8) is 0 Å². The van der Waals surface area contributed by atoms with Gasteiger partial charge < -0.3 is 31.0 Å². The highest BCUT2D eigenvalue weighted by Gasteiger charge is 2.22. The Hall–Kier alpha value is -3.42. The number of ether oxygens (including phenoxy) is 3. The topological polar surface area (TPSA) is 126 Å². The summed E-state index contributed by atoms with van der Waals surface area (Å²) in [5.74, 6) is 0.717. The summed E-state index contributed by atoms with van der Waals surface area (Å²) in [6, 6.07) is 9.47. The number of benzene rings is 2. The summed E-state index contributed by atoms with van der Waals surface area (Å²) in [6.07, 6.45) is 0.190. The number of carbonyl (C=O) groups excluding carboxylic acids is 2. The van der Waals surface area contributed by atoms with Gasteiger partial charge >= 0.3 is 5.97 Å². The van der Waals surface area contributed by atoms with Crippen molar-refractivity contribution in [2.45, 2.75) is 26.3 Å². The summed E-state index contributed by atoms with van der Waals surface area (Å²) < 4.78 is 15.9. The maximum Gasteiger partial charge on any atom is 0.328 e. The summed E-state index contributed by atoms with van der Waals surface area (Å²) in [4.78, 5) is 23.5. The summed E-state index contributed by atoms with van der Waals surface area (Å²) in [6.45, 7) is 3.25. The number of nitrogen functional groups attached to an aromatic ring is 2. The molecule has 0 saturated heterocycles. The van der Waals surface area contributed by atoms with E-state index in [1.54, 1.807) is 50.4 Å². The molecule has 2 aromatic carbocycles. The van der Waals surface area contributed by atoms with E-state index < -0.39 is 12.0 Å². The molecule has 0 saturated carbocycles. The molecule has 0 aliphatic carbocycles. The molecule has 0 radical (unpaired) electrons. The van der Waals surface area contributed by atoms with E-state index in [2.05, 4.69) is 5.32 Å². The van der Waals surface area contributed by atoms with Crippen molar-refractivity contribution in [3.05, 3.63) is 42.0 Å². The van der Waals surface area contributed by atoms with Crippen LogP contribution in [0, 0.1) is 0 Å². The Kier molecular flexibility index (Phi) is 7.08. The molecule has 0 unspecified atom stereocenters. The Labute approximate surface area is 163 Å². The molecular formula is C20H25N3O5. The number of carbonyl (C=O) groups is 2. The Bertz CT molecular complexity index is 813. The molecule has 8 nitrogen and oxygen atoms in total. The summed E-state index contributed by atoms with van der Waals surface area (Å²) in [7, 11) is 1.58. The molecule has 0 fully saturated rings. The monoisotopic (exact) mass is 387 g/mol. The highest BCUT2D eigenvalue weighted by atomic mass is 16.5. The predicted octanol–water partition coefficient (Wildman–Crippen LogP) is 2.26.